The number of ether oxygens (including phenoxy) is 1. The second kappa shape index (κ2) is 10.6. The summed E-state index contributed by atoms with van der Waals surface area (Å²) < 4.78 is 6.65. The first kappa shape index (κ1) is 24.0. The number of nitrogens with one attached hydrogen (secondary N) is 3. The van der Waals surface area contributed by atoms with Gasteiger partial charge in [0, 0.05) is 47.2 Å². The summed E-state index contributed by atoms with van der Waals surface area (Å²) in [4.78, 5) is 24.6. The Labute approximate surface area is 221 Å². The molecule has 1 saturated heterocycles. The molecule has 192 valence electrons. The van der Waals surface area contributed by atoms with Crippen molar-refractivity contribution in [2.45, 2.75) is 6.54 Å². The number of H-pyrrole nitrogens is 1. The molecular weight excluding hydrogens is 502 g/mol. The van der Waals surface area contributed by atoms with Crippen molar-refractivity contribution in [2.75, 3.05) is 36.5 Å². The summed E-state index contributed by atoms with van der Waals surface area (Å²) in [6, 6.07) is 15.9. The molecule has 1 aliphatic rings. The Kier molecular flexibility index (Phi) is 6.69. The van der Waals surface area contributed by atoms with E-state index in [0.717, 1.165) is 61.7 Å². The molecule has 1 aliphatic heterocycles. The zero-order chi connectivity index (χ0) is 25.9. The summed E-state index contributed by atoms with van der Waals surface area (Å²) >= 11 is 1.70. The third-order valence-electron chi connectivity index (χ3n) is 6.36. The molecule has 0 bridgehead atoms. The molecule has 4 N–H and O–H groups in total. The molecule has 1 amide bonds. The number of carbonyl (C=O) groups is 1. The smallest absolute Gasteiger partial charge is 0.267 e. The molecule has 0 radical (unpaired) electrons. The van der Waals surface area contributed by atoms with Crippen molar-refractivity contribution in [3.05, 3.63) is 71.2 Å². The molecule has 3 aromatic heterocycles. The number of hydroxylamine groups is 1. The van der Waals surface area contributed by atoms with E-state index in [1.165, 1.54) is 6.08 Å². The first-order chi connectivity index (χ1) is 18.7. The minimum atomic E-state index is -0.568. The van der Waals surface area contributed by atoms with Gasteiger partial charge < -0.3 is 15.0 Å². The highest BCUT2D eigenvalue weighted by atomic mass is 32.1. The predicted molar refractivity (Wildman–Crippen MR) is 148 cm³/mol. The maximum atomic E-state index is 11.2. The van der Waals surface area contributed by atoms with Crippen molar-refractivity contribution >= 4 is 55.9 Å². The van der Waals surface area contributed by atoms with Crippen LogP contribution in [0.4, 0.5) is 11.5 Å². The molecule has 0 atom stereocenters. The van der Waals surface area contributed by atoms with Gasteiger partial charge in [-0.3, -0.25) is 15.1 Å². The summed E-state index contributed by atoms with van der Waals surface area (Å²) in [6.45, 7) is 3.56. The number of morpholine rings is 1. The van der Waals surface area contributed by atoms with Crippen LogP contribution >= 0.6 is 11.3 Å². The van der Waals surface area contributed by atoms with Gasteiger partial charge in [-0.05, 0) is 35.9 Å². The first-order valence-corrected chi connectivity index (χ1v) is 13.0. The molecule has 1 fully saturated rings. The van der Waals surface area contributed by atoms with Gasteiger partial charge in [-0.2, -0.15) is 5.10 Å². The molecule has 10 nitrogen and oxygen atoms in total. The number of nitrogens with zero attached hydrogens (tertiary/aromatic N) is 4. The minimum absolute atomic E-state index is 0.568. The zero-order valence-electron chi connectivity index (χ0n) is 20.3. The van der Waals surface area contributed by atoms with E-state index < -0.39 is 5.91 Å². The summed E-state index contributed by atoms with van der Waals surface area (Å²) in [6.07, 6.45) is 4.72. The summed E-state index contributed by atoms with van der Waals surface area (Å²) in [5.74, 6) is 1.05. The second-order valence-electron chi connectivity index (χ2n) is 8.82. The molecule has 0 saturated carbocycles. The maximum absolute atomic E-state index is 11.2. The normalized spacial score (nSPS) is 14.0. The van der Waals surface area contributed by atoms with Gasteiger partial charge in [0.2, 0.25) is 0 Å². The lowest BCUT2D eigenvalue weighted by Crippen LogP contribution is -2.36. The largest absolute Gasteiger partial charge is 0.380 e. The number of hydrogen-bond donors (Lipinski definition) is 4. The third-order valence-corrected chi connectivity index (χ3v) is 7.48. The number of aromatic amines is 1. The molecule has 0 spiro atoms. The van der Waals surface area contributed by atoms with Crippen LogP contribution in [0, 0.1) is 0 Å². The van der Waals surface area contributed by atoms with Crippen LogP contribution in [-0.4, -0.2) is 57.6 Å². The predicted octanol–water partition coefficient (Wildman–Crippen LogP) is 4.20. The van der Waals surface area contributed by atoms with Crippen LogP contribution in [-0.2, 0) is 16.1 Å². The summed E-state index contributed by atoms with van der Waals surface area (Å²) in [5.41, 5.74) is 6.21. The Bertz CT molecular complexity index is 1620. The fraction of sp³-hybridized carbons (Fsp3) is 0.185. The number of rotatable bonds is 7. The highest BCUT2D eigenvalue weighted by Gasteiger charge is 2.21. The minimum Gasteiger partial charge on any atom is -0.380 e. The van der Waals surface area contributed by atoms with Gasteiger partial charge in [0.1, 0.15) is 0 Å². The van der Waals surface area contributed by atoms with Crippen LogP contribution in [0.3, 0.4) is 0 Å². The van der Waals surface area contributed by atoms with Crippen molar-refractivity contribution < 1.29 is 14.7 Å². The van der Waals surface area contributed by atoms with Gasteiger partial charge in [-0.15, -0.1) is 11.3 Å². The summed E-state index contributed by atoms with van der Waals surface area (Å²) in [7, 11) is 0. The number of fused-ring (bicyclic) bond motifs is 2. The van der Waals surface area contributed by atoms with Gasteiger partial charge in [0.25, 0.3) is 5.91 Å². The molecular formula is C27H25N7O3S. The number of anilines is 2. The SMILES string of the molecule is O=C(C=Cc1ccc(NCc2cc3nc(-c4cccc5[nH]ncc45)nc(N4CCOCC4)c3s2)cc1)NO. The lowest BCUT2D eigenvalue weighted by Gasteiger charge is -2.28. The fourth-order valence-electron chi connectivity index (χ4n) is 4.43. The molecule has 0 unspecified atom stereocenters. The van der Waals surface area contributed by atoms with Crippen LogP contribution < -0.4 is 15.7 Å². The van der Waals surface area contributed by atoms with Crippen molar-refractivity contribution in [3.63, 3.8) is 0 Å². The average Bonchev–Trinajstić information content (AvgIpc) is 3.62. The third kappa shape index (κ3) is 4.94. The van der Waals surface area contributed by atoms with Crippen LogP contribution in [0.15, 0.2) is 60.8 Å². The van der Waals surface area contributed by atoms with Gasteiger partial charge in [0.15, 0.2) is 11.6 Å². The maximum Gasteiger partial charge on any atom is 0.267 e. The topological polar surface area (TPSA) is 128 Å². The molecule has 2 aromatic carbocycles. The van der Waals surface area contributed by atoms with E-state index in [1.807, 2.05) is 48.7 Å². The molecule has 6 rings (SSSR count). The molecule has 0 aliphatic carbocycles. The van der Waals surface area contributed by atoms with Crippen LogP contribution in [0.25, 0.3) is 38.6 Å². The number of thiophene rings is 1. The molecule has 11 heteroatoms. The highest BCUT2D eigenvalue weighted by Crippen LogP contribution is 2.36. The Morgan fingerprint density at radius 1 is 1.16 bits per heavy atom. The van der Waals surface area contributed by atoms with Crippen molar-refractivity contribution in [1.82, 2.24) is 25.6 Å². The van der Waals surface area contributed by atoms with Crippen LogP contribution in [0.1, 0.15) is 10.4 Å². The highest BCUT2D eigenvalue weighted by molar-refractivity contribution is 7.19. The van der Waals surface area contributed by atoms with E-state index >= 15 is 0 Å². The Morgan fingerprint density at radius 3 is 2.82 bits per heavy atom. The first-order valence-electron chi connectivity index (χ1n) is 12.2. The van der Waals surface area contributed by atoms with Crippen molar-refractivity contribution in [1.29, 1.82) is 0 Å². The van der Waals surface area contributed by atoms with Gasteiger partial charge in [0.05, 0.1) is 35.1 Å². The van der Waals surface area contributed by atoms with Crippen molar-refractivity contribution in [3.8, 4) is 11.4 Å². The van der Waals surface area contributed by atoms with Crippen LogP contribution in [0.5, 0.6) is 0 Å². The van der Waals surface area contributed by atoms with Crippen molar-refractivity contribution in [2.24, 2.45) is 0 Å². The quantitative estimate of drug-likeness (QED) is 0.141. The number of hydrogen-bond acceptors (Lipinski definition) is 9. The van der Waals surface area contributed by atoms with E-state index in [-0.39, 0.29) is 0 Å². The Balaban J connectivity index is 1.29. The number of carbonyl (C=O) groups excluding carboxylic acids is 1. The van der Waals surface area contributed by atoms with E-state index in [9.17, 15) is 4.79 Å². The van der Waals surface area contributed by atoms with E-state index in [0.29, 0.717) is 25.6 Å². The van der Waals surface area contributed by atoms with Gasteiger partial charge in [-0.25, -0.2) is 15.4 Å². The van der Waals surface area contributed by atoms with E-state index in [1.54, 1.807) is 22.9 Å². The van der Waals surface area contributed by atoms with Crippen LogP contribution in [0.2, 0.25) is 0 Å². The monoisotopic (exact) mass is 527 g/mol. The molecule has 4 heterocycles. The van der Waals surface area contributed by atoms with E-state index in [4.69, 9.17) is 19.9 Å². The van der Waals surface area contributed by atoms with Gasteiger partial charge >= 0.3 is 0 Å². The number of benzene rings is 2. The Hall–Kier alpha value is -4.32. The van der Waals surface area contributed by atoms with Gasteiger partial charge in [-0.1, -0.05) is 24.3 Å². The molecule has 38 heavy (non-hydrogen) atoms. The standard InChI is InChI=1S/C27H25N7O3S/c35-24(33-36)9-6-17-4-7-18(8-5-17)28-15-19-14-23-25(38-19)27(34-10-12-37-13-11-34)31-26(30-23)20-2-1-3-22-21(20)16-29-32-22/h1-9,14,16,28,36H,10-13,15H2,(H,29,32)(H,33,35). The number of amides is 1. The number of aromatic nitrogens is 4. The lowest BCUT2D eigenvalue weighted by molar-refractivity contribution is -0.124. The average molecular weight is 528 g/mol. The Morgan fingerprint density at radius 2 is 2.00 bits per heavy atom. The zero-order valence-corrected chi connectivity index (χ0v) is 21.2. The summed E-state index contributed by atoms with van der Waals surface area (Å²) in [5, 5.41) is 20.3. The molecule has 5 aromatic rings. The lowest BCUT2D eigenvalue weighted by atomic mass is 10.1. The van der Waals surface area contributed by atoms with E-state index in [2.05, 4.69) is 26.5 Å². The fourth-order valence-corrected chi connectivity index (χ4v) is 5.49. The second-order valence-corrected chi connectivity index (χ2v) is 9.96.